The van der Waals surface area contributed by atoms with E-state index < -0.39 is 9.04 Å². The van der Waals surface area contributed by atoms with Crippen LogP contribution in [0, 0.1) is 0 Å². The van der Waals surface area contributed by atoms with Gasteiger partial charge < -0.3 is 9.16 Å². The van der Waals surface area contributed by atoms with Gasteiger partial charge in [-0.1, -0.05) is 19.0 Å². The molecule has 12 heavy (non-hydrogen) atoms. The Bertz CT molecular complexity index is 107. The van der Waals surface area contributed by atoms with Crippen LogP contribution in [0.2, 0.25) is 6.55 Å². The normalized spacial score (nSPS) is 10.6. The maximum absolute atomic E-state index is 5.43. The summed E-state index contributed by atoms with van der Waals surface area (Å²) in [6, 6.07) is 0. The molecule has 0 atom stereocenters. The minimum Gasteiger partial charge on any atom is -0.410 e. The van der Waals surface area contributed by atoms with Crippen molar-refractivity contribution in [2.75, 3.05) is 19.8 Å². The summed E-state index contributed by atoms with van der Waals surface area (Å²) in [6.07, 6.45) is 2.34. The van der Waals surface area contributed by atoms with Crippen molar-refractivity contribution in [3.63, 3.8) is 0 Å². The maximum atomic E-state index is 5.43. The van der Waals surface area contributed by atoms with Crippen molar-refractivity contribution in [3.05, 3.63) is 12.3 Å². The van der Waals surface area contributed by atoms with Gasteiger partial charge in [0.15, 0.2) is 0 Å². The van der Waals surface area contributed by atoms with Gasteiger partial charge in [-0.25, -0.2) is 0 Å². The highest BCUT2D eigenvalue weighted by Gasteiger charge is 1.97. The number of rotatable bonds is 8. The first-order chi connectivity index (χ1) is 5.81. The van der Waals surface area contributed by atoms with Crippen molar-refractivity contribution < 1.29 is 9.16 Å². The predicted molar refractivity (Wildman–Crippen MR) is 53.5 cm³/mol. The second-order valence-electron chi connectivity index (χ2n) is 2.63. The summed E-state index contributed by atoms with van der Waals surface area (Å²) in [6.45, 7) is 10.2. The standard InChI is InChI=1S/C9H19O2Si/c1-4-6-7-10-8-9-11-12(3)5-2/h5H,2,4,6-9H2,1,3H3. The lowest BCUT2D eigenvalue weighted by Gasteiger charge is -2.06. The van der Waals surface area contributed by atoms with Gasteiger partial charge in [-0.05, 0) is 13.0 Å². The topological polar surface area (TPSA) is 18.5 Å². The molecule has 0 heterocycles. The molecule has 2 nitrogen and oxygen atoms in total. The van der Waals surface area contributed by atoms with Gasteiger partial charge in [0.2, 0.25) is 9.04 Å². The molecule has 0 saturated heterocycles. The molecular formula is C9H19O2Si. The van der Waals surface area contributed by atoms with Crippen LogP contribution in [0.25, 0.3) is 0 Å². The van der Waals surface area contributed by atoms with Crippen LogP contribution in [0.1, 0.15) is 19.8 Å². The van der Waals surface area contributed by atoms with Gasteiger partial charge in [-0.3, -0.25) is 0 Å². The van der Waals surface area contributed by atoms with E-state index >= 15 is 0 Å². The Morgan fingerprint density at radius 3 is 2.67 bits per heavy atom. The second-order valence-corrected chi connectivity index (χ2v) is 4.55. The van der Waals surface area contributed by atoms with Crippen molar-refractivity contribution in [1.82, 2.24) is 0 Å². The van der Waals surface area contributed by atoms with Crippen molar-refractivity contribution >= 4 is 9.04 Å². The van der Waals surface area contributed by atoms with Crippen LogP contribution < -0.4 is 0 Å². The highest BCUT2D eigenvalue weighted by atomic mass is 28.3. The number of hydrogen-bond acceptors (Lipinski definition) is 2. The van der Waals surface area contributed by atoms with Gasteiger partial charge in [-0.2, -0.15) is 0 Å². The summed E-state index contributed by atoms with van der Waals surface area (Å²) >= 11 is 0. The predicted octanol–water partition coefficient (Wildman–Crippen LogP) is 2.17. The minimum absolute atomic E-state index is 0.709. The van der Waals surface area contributed by atoms with Gasteiger partial charge in [0.1, 0.15) is 0 Å². The molecule has 0 aromatic heterocycles. The van der Waals surface area contributed by atoms with Crippen molar-refractivity contribution in [3.8, 4) is 0 Å². The van der Waals surface area contributed by atoms with E-state index in [0.717, 1.165) is 19.6 Å². The minimum atomic E-state index is -0.738. The number of ether oxygens (including phenoxy) is 1. The van der Waals surface area contributed by atoms with E-state index in [2.05, 4.69) is 20.0 Å². The Morgan fingerprint density at radius 2 is 2.08 bits per heavy atom. The van der Waals surface area contributed by atoms with Crippen LogP contribution >= 0.6 is 0 Å². The van der Waals surface area contributed by atoms with Gasteiger partial charge in [0, 0.05) is 6.61 Å². The van der Waals surface area contributed by atoms with E-state index in [9.17, 15) is 0 Å². The van der Waals surface area contributed by atoms with E-state index in [1.807, 2.05) is 5.70 Å². The maximum Gasteiger partial charge on any atom is 0.235 e. The average Bonchev–Trinajstić information content (AvgIpc) is 2.10. The first kappa shape index (κ1) is 11.9. The fraction of sp³-hybridized carbons (Fsp3) is 0.778. The molecule has 0 aliphatic carbocycles. The van der Waals surface area contributed by atoms with E-state index in [4.69, 9.17) is 9.16 Å². The molecule has 71 valence electrons. The monoisotopic (exact) mass is 187 g/mol. The fourth-order valence-electron chi connectivity index (χ4n) is 0.669. The summed E-state index contributed by atoms with van der Waals surface area (Å²) in [4.78, 5) is 0. The Balaban J connectivity index is 2.95. The van der Waals surface area contributed by atoms with Crippen LogP contribution in [0.4, 0.5) is 0 Å². The van der Waals surface area contributed by atoms with Crippen LogP contribution in [0.5, 0.6) is 0 Å². The molecule has 0 aliphatic heterocycles. The molecule has 0 aromatic rings. The molecule has 0 aliphatic rings. The molecule has 0 rings (SSSR count). The zero-order chi connectivity index (χ0) is 9.23. The number of hydrogen-bond donors (Lipinski definition) is 0. The lowest BCUT2D eigenvalue weighted by atomic mass is 10.4. The SMILES string of the molecule is C=C[Si](C)OCCOCCCC. The molecule has 0 bridgehead atoms. The Kier molecular flexibility index (Phi) is 8.88. The van der Waals surface area contributed by atoms with E-state index in [1.54, 1.807) is 0 Å². The third-order valence-electron chi connectivity index (χ3n) is 1.49. The molecule has 0 aromatic carbocycles. The lowest BCUT2D eigenvalue weighted by molar-refractivity contribution is 0.0984. The first-order valence-electron chi connectivity index (χ1n) is 4.47. The van der Waals surface area contributed by atoms with Crippen LogP contribution in [-0.2, 0) is 9.16 Å². The van der Waals surface area contributed by atoms with E-state index in [1.165, 1.54) is 6.42 Å². The highest BCUT2D eigenvalue weighted by molar-refractivity contribution is 6.55. The van der Waals surface area contributed by atoms with Crippen LogP contribution in [0.3, 0.4) is 0 Å². The van der Waals surface area contributed by atoms with Crippen LogP contribution in [0.15, 0.2) is 12.3 Å². The lowest BCUT2D eigenvalue weighted by Crippen LogP contribution is -2.14. The fourth-order valence-corrected chi connectivity index (χ4v) is 1.19. The molecular weight excluding hydrogens is 168 g/mol. The van der Waals surface area contributed by atoms with E-state index in [-0.39, 0.29) is 0 Å². The summed E-state index contributed by atoms with van der Waals surface area (Å²) in [5, 5.41) is 0. The number of unbranched alkanes of at least 4 members (excludes halogenated alkanes) is 1. The van der Waals surface area contributed by atoms with Gasteiger partial charge in [0.05, 0.1) is 13.2 Å². The quantitative estimate of drug-likeness (QED) is 0.428. The summed E-state index contributed by atoms with van der Waals surface area (Å²) in [7, 11) is -0.738. The molecule has 0 saturated carbocycles. The molecule has 3 heteroatoms. The van der Waals surface area contributed by atoms with Gasteiger partial charge >= 0.3 is 0 Å². The Hall–Kier alpha value is -0.123. The highest BCUT2D eigenvalue weighted by Crippen LogP contribution is 1.89. The first-order valence-corrected chi connectivity index (χ1v) is 6.46. The third kappa shape index (κ3) is 7.98. The molecule has 0 unspecified atom stereocenters. The summed E-state index contributed by atoms with van der Waals surface area (Å²) < 4.78 is 10.8. The third-order valence-corrected chi connectivity index (χ3v) is 2.72. The molecule has 0 fully saturated rings. The van der Waals surface area contributed by atoms with Crippen molar-refractivity contribution in [2.24, 2.45) is 0 Å². The molecule has 1 radical (unpaired) electrons. The average molecular weight is 187 g/mol. The molecule has 0 amide bonds. The summed E-state index contributed by atoms with van der Waals surface area (Å²) in [5.74, 6) is 0. The van der Waals surface area contributed by atoms with Gasteiger partial charge in [0.25, 0.3) is 0 Å². The molecule has 0 N–H and O–H groups in total. The smallest absolute Gasteiger partial charge is 0.235 e. The Morgan fingerprint density at radius 1 is 1.33 bits per heavy atom. The Labute approximate surface area is 77.3 Å². The summed E-state index contributed by atoms with van der Waals surface area (Å²) in [5.41, 5.74) is 1.89. The zero-order valence-electron chi connectivity index (χ0n) is 8.14. The molecule has 0 spiro atoms. The van der Waals surface area contributed by atoms with Gasteiger partial charge in [-0.15, -0.1) is 6.58 Å². The van der Waals surface area contributed by atoms with Crippen molar-refractivity contribution in [2.45, 2.75) is 26.3 Å². The zero-order valence-corrected chi connectivity index (χ0v) is 9.14. The van der Waals surface area contributed by atoms with Crippen molar-refractivity contribution in [1.29, 1.82) is 0 Å². The largest absolute Gasteiger partial charge is 0.410 e. The van der Waals surface area contributed by atoms with E-state index in [0.29, 0.717) is 6.61 Å². The second kappa shape index (κ2) is 8.97. The van der Waals surface area contributed by atoms with Crippen LogP contribution in [-0.4, -0.2) is 28.9 Å².